The van der Waals surface area contributed by atoms with Crippen molar-refractivity contribution in [3.05, 3.63) is 0 Å². The Kier molecular flexibility index (Phi) is 3.93. The highest BCUT2D eigenvalue weighted by Gasteiger charge is 2.25. The Balaban J connectivity index is 2.22. The number of likely N-dealkylation sites (N-methyl/N-ethyl adjacent to an activating group) is 1. The van der Waals surface area contributed by atoms with Gasteiger partial charge in [-0.2, -0.15) is 0 Å². The monoisotopic (exact) mass is 202 g/mol. The van der Waals surface area contributed by atoms with Crippen molar-refractivity contribution in [1.29, 1.82) is 0 Å². The smallest absolute Gasteiger partial charge is 0.102 e. The number of morpholine rings is 1. The molecule has 14 heavy (non-hydrogen) atoms. The fourth-order valence-electron chi connectivity index (χ4n) is 1.58. The van der Waals surface area contributed by atoms with Gasteiger partial charge in [-0.1, -0.05) is 0 Å². The number of nitrogens with zero attached hydrogens (tertiary/aromatic N) is 1. The van der Waals surface area contributed by atoms with Crippen LogP contribution in [0.2, 0.25) is 0 Å². The molecule has 1 aliphatic rings. The molecule has 0 bridgehead atoms. The quantitative estimate of drug-likeness (QED) is 0.642. The first-order chi connectivity index (χ1) is 6.41. The van der Waals surface area contributed by atoms with Gasteiger partial charge in [0.15, 0.2) is 0 Å². The van der Waals surface area contributed by atoms with E-state index >= 15 is 0 Å². The number of hydrogen-bond acceptors (Lipinski definition) is 2. The maximum absolute atomic E-state index is 5.74. The Labute approximate surface area is 87.6 Å². The van der Waals surface area contributed by atoms with Crippen molar-refractivity contribution in [2.24, 2.45) is 0 Å². The third-order valence-corrected chi connectivity index (χ3v) is 2.72. The molecule has 3 nitrogen and oxygen atoms in total. The van der Waals surface area contributed by atoms with E-state index in [0.29, 0.717) is 0 Å². The fourth-order valence-corrected chi connectivity index (χ4v) is 1.58. The van der Waals surface area contributed by atoms with Crippen molar-refractivity contribution in [1.82, 2.24) is 0 Å². The molecule has 0 aromatic heterocycles. The minimum atomic E-state index is -0.00849. The normalized spacial score (nSPS) is 22.3. The van der Waals surface area contributed by atoms with Crippen LogP contribution in [0.3, 0.4) is 0 Å². The lowest BCUT2D eigenvalue weighted by molar-refractivity contribution is -0.917. The predicted octanol–water partition coefficient (Wildman–Crippen LogP) is 1.28. The molecule has 0 aliphatic carbocycles. The van der Waals surface area contributed by atoms with Crippen molar-refractivity contribution in [3.63, 3.8) is 0 Å². The van der Waals surface area contributed by atoms with E-state index in [1.165, 1.54) is 0 Å². The summed E-state index contributed by atoms with van der Waals surface area (Å²) in [7, 11) is 2.29. The lowest BCUT2D eigenvalue weighted by Gasteiger charge is -2.38. The van der Waals surface area contributed by atoms with Gasteiger partial charge in [-0.3, -0.25) is 0 Å². The Morgan fingerprint density at radius 1 is 1.21 bits per heavy atom. The Hall–Kier alpha value is -0.120. The fraction of sp³-hybridized carbons (Fsp3) is 1.00. The maximum atomic E-state index is 5.74. The first-order valence-corrected chi connectivity index (χ1v) is 5.47. The molecular weight excluding hydrogens is 178 g/mol. The number of rotatable bonds is 3. The molecule has 1 aliphatic heterocycles. The Morgan fingerprint density at radius 3 is 2.29 bits per heavy atom. The average Bonchev–Trinajstić information content (AvgIpc) is 2.02. The zero-order valence-electron chi connectivity index (χ0n) is 10.0. The molecule has 0 saturated carbocycles. The van der Waals surface area contributed by atoms with Crippen LogP contribution in [0.15, 0.2) is 0 Å². The van der Waals surface area contributed by atoms with Crippen molar-refractivity contribution in [3.8, 4) is 0 Å². The molecule has 0 unspecified atom stereocenters. The standard InChI is InChI=1S/C11H24NO2/c1-11(2,3)14-10-7-12(4)5-8-13-9-6-12/h5-10H2,1-4H3/q+1. The van der Waals surface area contributed by atoms with E-state index in [0.717, 1.165) is 43.9 Å². The summed E-state index contributed by atoms with van der Waals surface area (Å²) in [5.74, 6) is 0. The lowest BCUT2D eigenvalue weighted by atomic mass is 10.2. The van der Waals surface area contributed by atoms with Crippen LogP contribution in [-0.4, -0.2) is 56.6 Å². The molecule has 1 rings (SSSR count). The zero-order valence-corrected chi connectivity index (χ0v) is 10.0. The molecule has 0 aromatic carbocycles. The number of ether oxygens (including phenoxy) is 2. The van der Waals surface area contributed by atoms with Crippen molar-refractivity contribution >= 4 is 0 Å². The van der Waals surface area contributed by atoms with Gasteiger partial charge in [0.2, 0.25) is 0 Å². The van der Waals surface area contributed by atoms with Crippen LogP contribution < -0.4 is 0 Å². The van der Waals surface area contributed by atoms with Crippen LogP contribution in [-0.2, 0) is 9.47 Å². The SMILES string of the molecule is CC(C)(C)OCC[N+]1(C)CCOCC1. The molecule has 0 N–H and O–H groups in total. The van der Waals surface area contributed by atoms with Gasteiger partial charge in [-0.05, 0) is 20.8 Å². The number of quaternary nitrogens is 1. The van der Waals surface area contributed by atoms with Crippen molar-refractivity contribution in [2.45, 2.75) is 26.4 Å². The van der Waals surface area contributed by atoms with Crippen LogP contribution in [0, 0.1) is 0 Å². The van der Waals surface area contributed by atoms with Gasteiger partial charge in [-0.25, -0.2) is 0 Å². The minimum absolute atomic E-state index is 0.00849. The summed E-state index contributed by atoms with van der Waals surface area (Å²) in [6.45, 7) is 12.3. The van der Waals surface area contributed by atoms with Gasteiger partial charge in [0.1, 0.15) is 19.6 Å². The first-order valence-electron chi connectivity index (χ1n) is 5.47. The molecule has 84 valence electrons. The lowest BCUT2D eigenvalue weighted by Crippen LogP contribution is -2.53. The topological polar surface area (TPSA) is 18.5 Å². The van der Waals surface area contributed by atoms with E-state index in [2.05, 4.69) is 27.8 Å². The van der Waals surface area contributed by atoms with Gasteiger partial charge in [0.05, 0.1) is 32.5 Å². The van der Waals surface area contributed by atoms with E-state index in [1.807, 2.05) is 0 Å². The van der Waals surface area contributed by atoms with Crippen LogP contribution in [0.25, 0.3) is 0 Å². The summed E-state index contributed by atoms with van der Waals surface area (Å²) in [5.41, 5.74) is -0.00849. The van der Waals surface area contributed by atoms with Crippen LogP contribution in [0.4, 0.5) is 0 Å². The summed E-state index contributed by atoms with van der Waals surface area (Å²) in [6.07, 6.45) is 0. The summed E-state index contributed by atoms with van der Waals surface area (Å²) < 4.78 is 12.2. The first kappa shape index (κ1) is 12.0. The highest BCUT2D eigenvalue weighted by atomic mass is 16.5. The zero-order chi connectivity index (χ0) is 10.7. The Bertz CT molecular complexity index is 169. The highest BCUT2D eigenvalue weighted by molar-refractivity contribution is 4.58. The van der Waals surface area contributed by atoms with Gasteiger partial charge in [0, 0.05) is 0 Å². The van der Waals surface area contributed by atoms with Crippen LogP contribution >= 0.6 is 0 Å². The molecule has 0 spiro atoms. The van der Waals surface area contributed by atoms with Gasteiger partial charge in [0.25, 0.3) is 0 Å². The van der Waals surface area contributed by atoms with Gasteiger partial charge in [-0.15, -0.1) is 0 Å². The molecule has 1 heterocycles. The second kappa shape index (κ2) is 4.60. The van der Waals surface area contributed by atoms with Gasteiger partial charge >= 0.3 is 0 Å². The van der Waals surface area contributed by atoms with Crippen LogP contribution in [0.5, 0.6) is 0 Å². The third-order valence-electron chi connectivity index (χ3n) is 2.72. The van der Waals surface area contributed by atoms with E-state index in [-0.39, 0.29) is 5.60 Å². The van der Waals surface area contributed by atoms with E-state index in [4.69, 9.17) is 9.47 Å². The molecule has 0 radical (unpaired) electrons. The minimum Gasteiger partial charge on any atom is -0.370 e. The maximum Gasteiger partial charge on any atom is 0.102 e. The third kappa shape index (κ3) is 4.40. The summed E-state index contributed by atoms with van der Waals surface area (Å²) in [4.78, 5) is 0. The van der Waals surface area contributed by atoms with E-state index < -0.39 is 0 Å². The van der Waals surface area contributed by atoms with Crippen molar-refractivity contribution < 1.29 is 14.0 Å². The second-order valence-corrected chi connectivity index (χ2v) is 5.36. The van der Waals surface area contributed by atoms with Gasteiger partial charge < -0.3 is 14.0 Å². The predicted molar refractivity (Wildman–Crippen MR) is 57.3 cm³/mol. The molecule has 0 atom stereocenters. The van der Waals surface area contributed by atoms with E-state index in [9.17, 15) is 0 Å². The molecule has 1 fully saturated rings. The van der Waals surface area contributed by atoms with Crippen molar-refractivity contribution in [2.75, 3.05) is 46.5 Å². The summed E-state index contributed by atoms with van der Waals surface area (Å²) in [5, 5.41) is 0. The second-order valence-electron chi connectivity index (χ2n) is 5.36. The molecule has 1 saturated heterocycles. The van der Waals surface area contributed by atoms with Crippen LogP contribution in [0.1, 0.15) is 20.8 Å². The summed E-state index contributed by atoms with van der Waals surface area (Å²) >= 11 is 0. The highest BCUT2D eigenvalue weighted by Crippen LogP contribution is 2.10. The Morgan fingerprint density at radius 2 is 1.79 bits per heavy atom. The number of hydrogen-bond donors (Lipinski definition) is 0. The largest absolute Gasteiger partial charge is 0.370 e. The molecular formula is C11H24NO2+. The average molecular weight is 202 g/mol. The molecule has 0 aromatic rings. The molecule has 3 heteroatoms. The van der Waals surface area contributed by atoms with E-state index in [1.54, 1.807) is 0 Å². The molecule has 0 amide bonds. The summed E-state index contributed by atoms with van der Waals surface area (Å²) in [6, 6.07) is 0.